The molecule has 2 nitrogen and oxygen atoms in total. The van der Waals surface area contributed by atoms with E-state index in [1.165, 1.54) is 6.07 Å². The lowest BCUT2D eigenvalue weighted by Gasteiger charge is -2.07. The SMILES string of the molecule is CC1(C)CC1Nc1ncc(Br)cc1F. The second kappa shape index (κ2) is 3.19. The Bertz CT molecular complexity index is 365. The largest absolute Gasteiger partial charge is 0.364 e. The molecule has 0 aliphatic heterocycles. The highest BCUT2D eigenvalue weighted by Crippen LogP contribution is 2.46. The predicted octanol–water partition coefficient (Wildman–Crippen LogP) is 3.19. The molecule has 1 fully saturated rings. The quantitative estimate of drug-likeness (QED) is 0.882. The molecule has 76 valence electrons. The average Bonchev–Trinajstić information content (AvgIpc) is 2.65. The number of anilines is 1. The van der Waals surface area contributed by atoms with Crippen LogP contribution in [0.2, 0.25) is 0 Å². The van der Waals surface area contributed by atoms with Crippen LogP contribution in [0.3, 0.4) is 0 Å². The van der Waals surface area contributed by atoms with Crippen LogP contribution in [0.1, 0.15) is 20.3 Å². The molecule has 1 atom stereocenters. The predicted molar refractivity (Wildman–Crippen MR) is 57.7 cm³/mol. The van der Waals surface area contributed by atoms with E-state index in [2.05, 4.69) is 40.1 Å². The highest BCUT2D eigenvalue weighted by molar-refractivity contribution is 9.10. The van der Waals surface area contributed by atoms with Gasteiger partial charge in [0.05, 0.1) is 0 Å². The maximum atomic E-state index is 13.3. The minimum Gasteiger partial charge on any atom is -0.364 e. The summed E-state index contributed by atoms with van der Waals surface area (Å²) in [4.78, 5) is 3.99. The highest BCUT2D eigenvalue weighted by Gasteiger charge is 2.46. The van der Waals surface area contributed by atoms with Crippen LogP contribution in [0, 0.1) is 11.2 Å². The number of hydrogen-bond donors (Lipinski definition) is 1. The Morgan fingerprint density at radius 2 is 2.29 bits per heavy atom. The Morgan fingerprint density at radius 1 is 1.64 bits per heavy atom. The standard InChI is InChI=1S/C10H12BrFN2/c1-10(2)4-8(10)14-9-7(12)3-6(11)5-13-9/h3,5,8H,4H2,1-2H3,(H,13,14). The van der Waals surface area contributed by atoms with Crippen molar-refractivity contribution >= 4 is 21.7 Å². The van der Waals surface area contributed by atoms with Gasteiger partial charge in [-0.1, -0.05) is 13.8 Å². The summed E-state index contributed by atoms with van der Waals surface area (Å²) >= 11 is 3.17. The van der Waals surface area contributed by atoms with E-state index in [4.69, 9.17) is 0 Å². The summed E-state index contributed by atoms with van der Waals surface area (Å²) in [6.45, 7) is 4.31. The molecule has 1 saturated carbocycles. The van der Waals surface area contributed by atoms with Crippen molar-refractivity contribution in [2.75, 3.05) is 5.32 Å². The van der Waals surface area contributed by atoms with Crippen LogP contribution < -0.4 is 5.32 Å². The van der Waals surface area contributed by atoms with Crippen LogP contribution in [-0.2, 0) is 0 Å². The van der Waals surface area contributed by atoms with E-state index >= 15 is 0 Å². The molecule has 1 aliphatic rings. The lowest BCUT2D eigenvalue weighted by molar-refractivity contribution is 0.609. The number of nitrogens with zero attached hydrogens (tertiary/aromatic N) is 1. The van der Waals surface area contributed by atoms with Crippen molar-refractivity contribution in [3.63, 3.8) is 0 Å². The lowest BCUT2D eigenvalue weighted by Crippen LogP contribution is -2.10. The van der Waals surface area contributed by atoms with Crippen LogP contribution in [0.5, 0.6) is 0 Å². The van der Waals surface area contributed by atoms with E-state index in [0.717, 1.165) is 6.42 Å². The third kappa shape index (κ3) is 1.90. The Balaban J connectivity index is 2.11. The van der Waals surface area contributed by atoms with Gasteiger partial charge in [0.25, 0.3) is 0 Å². The fraction of sp³-hybridized carbons (Fsp3) is 0.500. The fourth-order valence-corrected chi connectivity index (χ4v) is 1.70. The van der Waals surface area contributed by atoms with Crippen molar-refractivity contribution in [1.82, 2.24) is 4.98 Å². The highest BCUT2D eigenvalue weighted by atomic mass is 79.9. The number of halogens is 2. The molecule has 1 unspecified atom stereocenters. The molecule has 0 bridgehead atoms. The molecule has 2 rings (SSSR count). The second-order valence-corrected chi connectivity index (χ2v) is 5.29. The molecule has 0 spiro atoms. The van der Waals surface area contributed by atoms with Crippen LogP contribution in [0.25, 0.3) is 0 Å². The number of hydrogen-bond acceptors (Lipinski definition) is 2. The minimum absolute atomic E-state index is 0.279. The fourth-order valence-electron chi connectivity index (χ4n) is 1.40. The van der Waals surface area contributed by atoms with Gasteiger partial charge in [0.2, 0.25) is 0 Å². The summed E-state index contributed by atoms with van der Waals surface area (Å²) in [6.07, 6.45) is 2.67. The zero-order valence-electron chi connectivity index (χ0n) is 8.14. The Hall–Kier alpha value is -0.640. The third-order valence-corrected chi connectivity index (χ3v) is 3.07. The zero-order valence-corrected chi connectivity index (χ0v) is 9.73. The van der Waals surface area contributed by atoms with Crippen molar-refractivity contribution in [3.05, 3.63) is 22.6 Å². The Morgan fingerprint density at radius 3 is 2.79 bits per heavy atom. The first-order valence-electron chi connectivity index (χ1n) is 4.56. The summed E-state index contributed by atoms with van der Waals surface area (Å²) < 4.78 is 14.0. The molecule has 0 amide bonds. The van der Waals surface area contributed by atoms with E-state index in [1.54, 1.807) is 6.20 Å². The summed E-state index contributed by atoms with van der Waals surface area (Å²) in [5.74, 6) is 0.0471. The van der Waals surface area contributed by atoms with E-state index in [0.29, 0.717) is 16.3 Å². The van der Waals surface area contributed by atoms with Gasteiger partial charge in [-0.05, 0) is 33.8 Å². The van der Waals surface area contributed by atoms with Gasteiger partial charge in [0.1, 0.15) is 0 Å². The van der Waals surface area contributed by atoms with Gasteiger partial charge < -0.3 is 5.32 Å². The van der Waals surface area contributed by atoms with E-state index in [9.17, 15) is 4.39 Å². The van der Waals surface area contributed by atoms with Gasteiger partial charge in [-0.15, -0.1) is 0 Å². The van der Waals surface area contributed by atoms with Gasteiger partial charge >= 0.3 is 0 Å². The topological polar surface area (TPSA) is 24.9 Å². The van der Waals surface area contributed by atoms with Crippen molar-refractivity contribution in [2.24, 2.45) is 5.41 Å². The number of nitrogens with one attached hydrogen (secondary N) is 1. The lowest BCUT2D eigenvalue weighted by atomic mass is 10.2. The van der Waals surface area contributed by atoms with Crippen molar-refractivity contribution in [3.8, 4) is 0 Å². The molecular weight excluding hydrogens is 247 g/mol. The molecule has 4 heteroatoms. The van der Waals surface area contributed by atoms with E-state index < -0.39 is 0 Å². The zero-order chi connectivity index (χ0) is 10.3. The molecule has 1 aromatic rings. The summed E-state index contributed by atoms with van der Waals surface area (Å²) in [7, 11) is 0. The third-order valence-electron chi connectivity index (χ3n) is 2.63. The normalized spacial score (nSPS) is 23.3. The maximum Gasteiger partial charge on any atom is 0.166 e. The van der Waals surface area contributed by atoms with Crippen LogP contribution >= 0.6 is 15.9 Å². The van der Waals surface area contributed by atoms with Crippen LogP contribution in [0.15, 0.2) is 16.7 Å². The molecule has 0 saturated heterocycles. The molecule has 1 aliphatic carbocycles. The number of rotatable bonds is 2. The second-order valence-electron chi connectivity index (χ2n) is 4.37. The van der Waals surface area contributed by atoms with E-state index in [-0.39, 0.29) is 11.2 Å². The Kier molecular flexibility index (Phi) is 2.26. The van der Waals surface area contributed by atoms with Crippen molar-refractivity contribution in [2.45, 2.75) is 26.3 Å². The molecule has 1 N–H and O–H groups in total. The molecule has 14 heavy (non-hydrogen) atoms. The first-order valence-corrected chi connectivity index (χ1v) is 5.36. The number of aromatic nitrogens is 1. The monoisotopic (exact) mass is 258 g/mol. The molecular formula is C10H12BrFN2. The van der Waals surface area contributed by atoms with Gasteiger partial charge in [-0.25, -0.2) is 9.37 Å². The van der Waals surface area contributed by atoms with Crippen molar-refractivity contribution < 1.29 is 4.39 Å². The van der Waals surface area contributed by atoms with Crippen molar-refractivity contribution in [1.29, 1.82) is 0 Å². The van der Waals surface area contributed by atoms with Crippen LogP contribution in [-0.4, -0.2) is 11.0 Å². The van der Waals surface area contributed by atoms with Gasteiger partial charge in [0.15, 0.2) is 11.6 Å². The Labute approximate surface area is 91.1 Å². The first kappa shape index (κ1) is 9.90. The minimum atomic E-state index is -0.304. The maximum absolute atomic E-state index is 13.3. The molecule has 1 aromatic heterocycles. The molecule has 0 radical (unpaired) electrons. The first-order chi connectivity index (χ1) is 6.49. The van der Waals surface area contributed by atoms with Gasteiger partial charge in [0, 0.05) is 16.7 Å². The van der Waals surface area contributed by atoms with Gasteiger partial charge in [-0.3, -0.25) is 0 Å². The average molecular weight is 259 g/mol. The summed E-state index contributed by atoms with van der Waals surface area (Å²) in [5, 5.41) is 3.09. The summed E-state index contributed by atoms with van der Waals surface area (Å²) in [5.41, 5.74) is 0.279. The smallest absolute Gasteiger partial charge is 0.166 e. The molecule has 1 heterocycles. The number of pyridine rings is 1. The molecule has 0 aromatic carbocycles. The van der Waals surface area contributed by atoms with Crippen LogP contribution in [0.4, 0.5) is 10.2 Å². The van der Waals surface area contributed by atoms with E-state index in [1.807, 2.05) is 0 Å². The summed E-state index contributed by atoms with van der Waals surface area (Å²) in [6, 6.07) is 1.77. The van der Waals surface area contributed by atoms with Gasteiger partial charge in [-0.2, -0.15) is 0 Å².